The van der Waals surface area contributed by atoms with Gasteiger partial charge in [-0.2, -0.15) is 0 Å². The van der Waals surface area contributed by atoms with Crippen LogP contribution in [0, 0.1) is 18.3 Å². The van der Waals surface area contributed by atoms with Gasteiger partial charge in [0.25, 0.3) is 0 Å². The Hall–Kier alpha value is -0.0200. The van der Waals surface area contributed by atoms with Crippen LogP contribution in [0.25, 0.3) is 0 Å². The van der Waals surface area contributed by atoms with Crippen LogP contribution in [0.3, 0.4) is 0 Å². The van der Waals surface area contributed by atoms with E-state index in [-0.39, 0.29) is 5.41 Å². The molecule has 1 aromatic rings. The SMILES string of the molecule is Cc1ccc2c(c1)CC(CC(CBr)(CBr)C(C)C)O2. The van der Waals surface area contributed by atoms with Crippen molar-refractivity contribution in [1.82, 2.24) is 0 Å². The molecular weight excluding hydrogens is 368 g/mol. The molecule has 1 nitrogen and oxygen atoms in total. The molecule has 19 heavy (non-hydrogen) atoms. The zero-order valence-electron chi connectivity index (χ0n) is 11.9. The van der Waals surface area contributed by atoms with Gasteiger partial charge in [0.1, 0.15) is 11.9 Å². The molecule has 106 valence electrons. The third kappa shape index (κ3) is 3.18. The van der Waals surface area contributed by atoms with E-state index in [1.54, 1.807) is 0 Å². The average molecular weight is 390 g/mol. The number of halogens is 2. The van der Waals surface area contributed by atoms with Crippen LogP contribution in [0.2, 0.25) is 0 Å². The van der Waals surface area contributed by atoms with E-state index >= 15 is 0 Å². The Labute approximate surface area is 133 Å². The molecule has 0 saturated carbocycles. The maximum absolute atomic E-state index is 6.13. The van der Waals surface area contributed by atoms with E-state index in [9.17, 15) is 0 Å². The quantitative estimate of drug-likeness (QED) is 0.635. The van der Waals surface area contributed by atoms with Gasteiger partial charge in [0.05, 0.1) is 0 Å². The minimum Gasteiger partial charge on any atom is -0.490 e. The van der Waals surface area contributed by atoms with Crippen molar-refractivity contribution in [2.75, 3.05) is 10.7 Å². The summed E-state index contributed by atoms with van der Waals surface area (Å²) in [7, 11) is 0. The van der Waals surface area contributed by atoms with Crippen molar-refractivity contribution >= 4 is 31.9 Å². The number of rotatable bonds is 5. The highest BCUT2D eigenvalue weighted by Crippen LogP contribution is 2.41. The fourth-order valence-electron chi connectivity index (χ4n) is 2.71. The van der Waals surface area contributed by atoms with Crippen molar-refractivity contribution in [2.45, 2.75) is 39.7 Å². The molecule has 1 atom stereocenters. The summed E-state index contributed by atoms with van der Waals surface area (Å²) < 4.78 is 6.13. The van der Waals surface area contributed by atoms with E-state index < -0.39 is 0 Å². The highest BCUT2D eigenvalue weighted by molar-refractivity contribution is 9.09. The summed E-state index contributed by atoms with van der Waals surface area (Å²) in [5, 5.41) is 2.02. The zero-order valence-corrected chi connectivity index (χ0v) is 15.1. The molecule has 0 N–H and O–H groups in total. The summed E-state index contributed by atoms with van der Waals surface area (Å²) in [6.45, 7) is 6.74. The fourth-order valence-corrected chi connectivity index (χ4v) is 5.39. The van der Waals surface area contributed by atoms with Gasteiger partial charge in [-0.1, -0.05) is 63.4 Å². The lowest BCUT2D eigenvalue weighted by Crippen LogP contribution is -2.36. The lowest BCUT2D eigenvalue weighted by atomic mass is 9.76. The lowest BCUT2D eigenvalue weighted by Gasteiger charge is -2.36. The molecule has 1 unspecified atom stereocenters. The molecule has 1 aromatic carbocycles. The molecule has 0 bridgehead atoms. The van der Waals surface area contributed by atoms with Gasteiger partial charge < -0.3 is 4.74 Å². The molecule has 0 saturated heterocycles. The van der Waals surface area contributed by atoms with Gasteiger partial charge in [0, 0.05) is 17.1 Å². The van der Waals surface area contributed by atoms with E-state index in [4.69, 9.17) is 4.74 Å². The molecule has 1 aliphatic heterocycles. The highest BCUT2D eigenvalue weighted by Gasteiger charge is 2.37. The van der Waals surface area contributed by atoms with Crippen LogP contribution in [0.1, 0.15) is 31.4 Å². The van der Waals surface area contributed by atoms with E-state index in [1.807, 2.05) is 0 Å². The van der Waals surface area contributed by atoms with E-state index in [0.29, 0.717) is 12.0 Å². The fraction of sp³-hybridized carbons (Fsp3) is 0.625. The van der Waals surface area contributed by atoms with Crippen LogP contribution in [0.4, 0.5) is 0 Å². The number of ether oxygens (including phenoxy) is 1. The Morgan fingerprint density at radius 2 is 2.00 bits per heavy atom. The molecule has 0 amide bonds. The Morgan fingerprint density at radius 3 is 2.58 bits per heavy atom. The monoisotopic (exact) mass is 388 g/mol. The highest BCUT2D eigenvalue weighted by atomic mass is 79.9. The molecule has 3 heteroatoms. The Morgan fingerprint density at radius 1 is 1.32 bits per heavy atom. The first-order valence-electron chi connectivity index (χ1n) is 6.89. The minimum atomic E-state index is 0.266. The third-order valence-corrected chi connectivity index (χ3v) is 6.58. The second-order valence-electron chi connectivity index (χ2n) is 6.04. The van der Waals surface area contributed by atoms with Crippen molar-refractivity contribution in [3.63, 3.8) is 0 Å². The first-order chi connectivity index (χ1) is 9.00. The van der Waals surface area contributed by atoms with Crippen LogP contribution in [0.15, 0.2) is 18.2 Å². The molecular formula is C16H22Br2O. The van der Waals surface area contributed by atoms with Crippen molar-refractivity contribution in [2.24, 2.45) is 11.3 Å². The zero-order chi connectivity index (χ0) is 14.0. The number of fused-ring (bicyclic) bond motifs is 1. The number of hydrogen-bond acceptors (Lipinski definition) is 1. The van der Waals surface area contributed by atoms with Crippen LogP contribution < -0.4 is 4.74 Å². The molecule has 0 radical (unpaired) electrons. The number of benzene rings is 1. The summed E-state index contributed by atoms with van der Waals surface area (Å²) in [5.41, 5.74) is 2.95. The van der Waals surface area contributed by atoms with Gasteiger partial charge in [-0.25, -0.2) is 0 Å². The summed E-state index contributed by atoms with van der Waals surface area (Å²) in [4.78, 5) is 0. The first-order valence-corrected chi connectivity index (χ1v) is 9.13. The Balaban J connectivity index is 2.10. The maximum atomic E-state index is 6.13. The van der Waals surface area contributed by atoms with Gasteiger partial charge in [0.15, 0.2) is 0 Å². The first kappa shape index (κ1) is 15.4. The van der Waals surface area contributed by atoms with Crippen LogP contribution in [0.5, 0.6) is 5.75 Å². The van der Waals surface area contributed by atoms with Crippen molar-refractivity contribution in [3.05, 3.63) is 29.3 Å². The average Bonchev–Trinajstić information content (AvgIpc) is 2.77. The van der Waals surface area contributed by atoms with Crippen molar-refractivity contribution < 1.29 is 4.74 Å². The Bertz CT molecular complexity index is 438. The third-order valence-electron chi connectivity index (χ3n) is 4.35. The summed E-state index contributed by atoms with van der Waals surface area (Å²) in [5.74, 6) is 1.71. The Kier molecular flexibility index (Phi) is 4.99. The molecule has 0 spiro atoms. The van der Waals surface area contributed by atoms with Crippen LogP contribution in [-0.2, 0) is 6.42 Å². The van der Waals surface area contributed by atoms with Gasteiger partial charge >= 0.3 is 0 Å². The number of aryl methyl sites for hydroxylation is 1. The summed E-state index contributed by atoms with van der Waals surface area (Å²) >= 11 is 7.40. The van der Waals surface area contributed by atoms with E-state index in [0.717, 1.165) is 29.3 Å². The normalized spacial score (nSPS) is 18.5. The molecule has 2 rings (SSSR count). The molecule has 1 heterocycles. The number of alkyl halides is 2. The van der Waals surface area contributed by atoms with E-state index in [1.165, 1.54) is 11.1 Å². The smallest absolute Gasteiger partial charge is 0.123 e. The molecule has 0 fully saturated rings. The molecule has 1 aliphatic rings. The number of hydrogen-bond donors (Lipinski definition) is 0. The second kappa shape index (κ2) is 6.17. The lowest BCUT2D eigenvalue weighted by molar-refractivity contribution is 0.131. The van der Waals surface area contributed by atoms with E-state index in [2.05, 4.69) is 70.8 Å². The molecule has 0 aliphatic carbocycles. The minimum absolute atomic E-state index is 0.266. The van der Waals surface area contributed by atoms with Crippen LogP contribution in [-0.4, -0.2) is 16.8 Å². The van der Waals surface area contributed by atoms with Crippen molar-refractivity contribution in [3.8, 4) is 5.75 Å². The predicted molar refractivity (Wildman–Crippen MR) is 88.8 cm³/mol. The maximum Gasteiger partial charge on any atom is 0.123 e. The van der Waals surface area contributed by atoms with Gasteiger partial charge in [-0.15, -0.1) is 0 Å². The van der Waals surface area contributed by atoms with Crippen LogP contribution >= 0.6 is 31.9 Å². The van der Waals surface area contributed by atoms with Gasteiger partial charge in [-0.3, -0.25) is 0 Å². The standard InChI is InChI=1S/C16H22Br2O/c1-11(2)16(9-17,10-18)8-14-7-13-6-12(3)4-5-15(13)19-14/h4-6,11,14H,7-10H2,1-3H3. The largest absolute Gasteiger partial charge is 0.490 e. The predicted octanol–water partition coefficient (Wildman–Crippen LogP) is 5.12. The summed E-state index contributed by atoms with van der Waals surface area (Å²) in [6, 6.07) is 6.50. The second-order valence-corrected chi connectivity index (χ2v) is 7.17. The van der Waals surface area contributed by atoms with Crippen molar-refractivity contribution in [1.29, 1.82) is 0 Å². The van der Waals surface area contributed by atoms with Gasteiger partial charge in [0.2, 0.25) is 0 Å². The molecule has 0 aromatic heterocycles. The topological polar surface area (TPSA) is 9.23 Å². The van der Waals surface area contributed by atoms with Gasteiger partial charge in [-0.05, 0) is 36.3 Å². The summed E-state index contributed by atoms with van der Waals surface area (Å²) in [6.07, 6.45) is 2.45.